The zero-order chi connectivity index (χ0) is 14.1. The summed E-state index contributed by atoms with van der Waals surface area (Å²) in [5.74, 6) is 0. The predicted octanol–water partition coefficient (Wildman–Crippen LogP) is 2.56. The van der Waals surface area contributed by atoms with Crippen molar-refractivity contribution in [3.8, 4) is 0 Å². The Hall–Kier alpha value is -1.72. The Labute approximate surface area is 122 Å². The molecule has 0 aliphatic rings. The summed E-state index contributed by atoms with van der Waals surface area (Å²) in [5, 5.41) is 15.5. The van der Waals surface area contributed by atoms with Crippen molar-refractivity contribution in [1.29, 1.82) is 0 Å². The van der Waals surface area contributed by atoms with Gasteiger partial charge in [0.15, 0.2) is 0 Å². The summed E-state index contributed by atoms with van der Waals surface area (Å²) < 4.78 is 3.47. The van der Waals surface area contributed by atoms with E-state index >= 15 is 0 Å². The Morgan fingerprint density at radius 3 is 1.70 bits per heavy atom. The average molecular weight is 280 g/mol. The van der Waals surface area contributed by atoms with E-state index in [-0.39, 0.29) is 7.43 Å². The van der Waals surface area contributed by atoms with Gasteiger partial charge in [-0.15, -0.1) is 10.2 Å². The lowest BCUT2D eigenvalue weighted by Crippen LogP contribution is -1.85. The van der Waals surface area contributed by atoms with Crippen LogP contribution in [0.5, 0.6) is 0 Å². The zero-order valence-electron chi connectivity index (χ0n) is 12.4. The van der Waals surface area contributed by atoms with Crippen LogP contribution in [0.4, 0.5) is 0 Å². The Morgan fingerprint density at radius 1 is 0.850 bits per heavy atom. The van der Waals surface area contributed by atoms with Crippen LogP contribution >= 0.6 is 0 Å². The Morgan fingerprint density at radius 2 is 1.35 bits per heavy atom. The van der Waals surface area contributed by atoms with Crippen LogP contribution in [0.25, 0.3) is 0 Å². The summed E-state index contributed by atoms with van der Waals surface area (Å²) in [6, 6.07) is 0. The maximum Gasteiger partial charge on any atom is 0.0827 e. The maximum absolute atomic E-state index is 3.97. The molecule has 6 heteroatoms. The number of hydrogen-bond acceptors (Lipinski definition) is 4. The van der Waals surface area contributed by atoms with Crippen LogP contribution in [0.2, 0.25) is 0 Å². The summed E-state index contributed by atoms with van der Waals surface area (Å²) in [4.78, 5) is 0. The quantitative estimate of drug-likeness (QED) is 0.844. The van der Waals surface area contributed by atoms with Gasteiger partial charge < -0.3 is 0 Å². The van der Waals surface area contributed by atoms with Gasteiger partial charge in [0.1, 0.15) is 0 Å². The number of aromatic nitrogens is 6. The first kappa shape index (κ1) is 18.3. The zero-order valence-corrected chi connectivity index (χ0v) is 12.4. The molecular formula is C14H28N6. The summed E-state index contributed by atoms with van der Waals surface area (Å²) in [6.07, 6.45) is 9.57. The van der Waals surface area contributed by atoms with E-state index in [2.05, 4.69) is 34.5 Å². The average Bonchev–Trinajstić information content (AvgIpc) is 2.97. The van der Waals surface area contributed by atoms with E-state index < -0.39 is 0 Å². The Balaban J connectivity index is 0.000000345. The minimum absolute atomic E-state index is 0. The third kappa shape index (κ3) is 7.01. The fourth-order valence-electron chi connectivity index (χ4n) is 1.63. The Bertz CT molecular complexity index is 460. The highest BCUT2D eigenvalue weighted by Gasteiger charge is 1.95. The molecule has 20 heavy (non-hydrogen) atoms. The number of aryl methyl sites for hydroxylation is 4. The molecule has 114 valence electrons. The van der Waals surface area contributed by atoms with E-state index in [1.165, 1.54) is 12.8 Å². The molecule has 0 radical (unpaired) electrons. The minimum atomic E-state index is 0. The van der Waals surface area contributed by atoms with Gasteiger partial charge in [-0.25, -0.2) is 0 Å². The highest BCUT2D eigenvalue weighted by molar-refractivity contribution is 4.91. The maximum atomic E-state index is 3.97. The van der Waals surface area contributed by atoms with Crippen LogP contribution in [0.15, 0.2) is 12.4 Å². The summed E-state index contributed by atoms with van der Waals surface area (Å²) in [5.41, 5.74) is 2.18. The smallest absolute Gasteiger partial charge is 0.0827 e. The monoisotopic (exact) mass is 280 g/mol. The van der Waals surface area contributed by atoms with Crippen molar-refractivity contribution in [2.75, 3.05) is 0 Å². The van der Waals surface area contributed by atoms with E-state index in [1.807, 2.05) is 26.5 Å². The molecule has 2 aromatic rings. The van der Waals surface area contributed by atoms with E-state index in [1.54, 1.807) is 9.36 Å². The molecule has 0 unspecified atom stereocenters. The lowest BCUT2D eigenvalue weighted by molar-refractivity contribution is 0.710. The fraction of sp³-hybridized carbons (Fsp3) is 0.714. The summed E-state index contributed by atoms with van der Waals surface area (Å²) in [7, 11) is 3.77. The number of unbranched alkanes of at least 4 members (excludes halogenated alkanes) is 1. The molecule has 0 amide bonds. The van der Waals surface area contributed by atoms with Gasteiger partial charge in [-0.1, -0.05) is 44.5 Å². The topological polar surface area (TPSA) is 61.4 Å². The second kappa shape index (κ2) is 10.1. The standard InChI is InChI=1S/C7H13N3.C6H11N3.CH4/c1-3-4-5-7-6-10(2)9-8-7;1-3-4-6-5-9(2)8-7-6;/h6H,3-5H2,1-2H3;5H,3-4H2,1-2H3;1H4. The van der Waals surface area contributed by atoms with Crippen molar-refractivity contribution in [3.63, 3.8) is 0 Å². The van der Waals surface area contributed by atoms with Crippen LogP contribution in [0.3, 0.4) is 0 Å². The van der Waals surface area contributed by atoms with Crippen LogP contribution in [0.1, 0.15) is 51.9 Å². The molecule has 0 bridgehead atoms. The SMILES string of the molecule is C.CCCCc1cn(C)nn1.CCCc1cn(C)nn1. The van der Waals surface area contributed by atoms with Gasteiger partial charge in [0, 0.05) is 26.5 Å². The third-order valence-corrected chi connectivity index (χ3v) is 2.59. The predicted molar refractivity (Wildman–Crippen MR) is 81.3 cm³/mol. The molecule has 0 atom stereocenters. The van der Waals surface area contributed by atoms with Gasteiger partial charge in [-0.05, 0) is 19.3 Å². The molecule has 0 saturated carbocycles. The molecule has 6 nitrogen and oxygen atoms in total. The van der Waals surface area contributed by atoms with Crippen LogP contribution < -0.4 is 0 Å². The Kier molecular flexibility index (Phi) is 9.24. The second-order valence-electron chi connectivity index (χ2n) is 4.62. The van der Waals surface area contributed by atoms with Crippen LogP contribution in [-0.2, 0) is 26.9 Å². The second-order valence-corrected chi connectivity index (χ2v) is 4.62. The molecule has 0 fully saturated rings. The van der Waals surface area contributed by atoms with Crippen LogP contribution in [0, 0.1) is 0 Å². The van der Waals surface area contributed by atoms with E-state index in [9.17, 15) is 0 Å². The van der Waals surface area contributed by atoms with Gasteiger partial charge >= 0.3 is 0 Å². The number of rotatable bonds is 5. The molecule has 0 spiro atoms. The van der Waals surface area contributed by atoms with Gasteiger partial charge in [0.05, 0.1) is 11.4 Å². The molecule has 0 aliphatic carbocycles. The molecule has 0 aliphatic heterocycles. The summed E-state index contributed by atoms with van der Waals surface area (Å²) in [6.45, 7) is 4.31. The molecule has 0 N–H and O–H groups in total. The third-order valence-electron chi connectivity index (χ3n) is 2.59. The van der Waals surface area contributed by atoms with E-state index in [0.717, 1.165) is 30.7 Å². The first-order chi connectivity index (χ1) is 9.15. The van der Waals surface area contributed by atoms with E-state index in [0.29, 0.717) is 0 Å². The minimum Gasteiger partial charge on any atom is -0.255 e. The highest BCUT2D eigenvalue weighted by Crippen LogP contribution is 1.98. The number of nitrogens with zero attached hydrogens (tertiary/aromatic N) is 6. The van der Waals surface area contributed by atoms with Crippen molar-refractivity contribution < 1.29 is 0 Å². The molecule has 2 rings (SSSR count). The van der Waals surface area contributed by atoms with E-state index in [4.69, 9.17) is 0 Å². The van der Waals surface area contributed by atoms with Gasteiger partial charge in [0.25, 0.3) is 0 Å². The molecular weight excluding hydrogens is 252 g/mol. The first-order valence-electron chi connectivity index (χ1n) is 6.86. The highest BCUT2D eigenvalue weighted by atomic mass is 15.4. The number of hydrogen-bond donors (Lipinski definition) is 0. The molecule has 0 aromatic carbocycles. The first-order valence-corrected chi connectivity index (χ1v) is 6.86. The van der Waals surface area contributed by atoms with Crippen molar-refractivity contribution in [2.45, 2.75) is 53.4 Å². The van der Waals surface area contributed by atoms with Gasteiger partial charge in [0.2, 0.25) is 0 Å². The van der Waals surface area contributed by atoms with Crippen molar-refractivity contribution >= 4 is 0 Å². The lowest BCUT2D eigenvalue weighted by atomic mass is 10.2. The molecule has 0 saturated heterocycles. The fourth-order valence-corrected chi connectivity index (χ4v) is 1.63. The normalized spacial score (nSPS) is 9.60. The van der Waals surface area contributed by atoms with Crippen molar-refractivity contribution in [2.24, 2.45) is 14.1 Å². The molecule has 2 aromatic heterocycles. The largest absolute Gasteiger partial charge is 0.255 e. The molecule has 2 heterocycles. The van der Waals surface area contributed by atoms with Crippen molar-refractivity contribution in [3.05, 3.63) is 23.8 Å². The lowest BCUT2D eigenvalue weighted by Gasteiger charge is -1.88. The summed E-state index contributed by atoms with van der Waals surface area (Å²) >= 11 is 0. The van der Waals surface area contributed by atoms with Gasteiger partial charge in [-0.3, -0.25) is 9.36 Å². The van der Waals surface area contributed by atoms with Gasteiger partial charge in [-0.2, -0.15) is 0 Å². The van der Waals surface area contributed by atoms with Crippen LogP contribution in [-0.4, -0.2) is 30.0 Å². The van der Waals surface area contributed by atoms with Crippen molar-refractivity contribution in [1.82, 2.24) is 30.0 Å².